The number of aryl methyl sites for hydroxylation is 1. The summed E-state index contributed by atoms with van der Waals surface area (Å²) in [6.45, 7) is 3.58. The Morgan fingerprint density at radius 2 is 2.38 bits per heavy atom. The minimum atomic E-state index is -0.201. The second kappa shape index (κ2) is 5.36. The smallest absolute Gasteiger partial charge is 0.257 e. The summed E-state index contributed by atoms with van der Waals surface area (Å²) in [6, 6.07) is 1.38. The number of nitrogens with zero attached hydrogens (tertiary/aromatic N) is 3. The van der Waals surface area contributed by atoms with Crippen molar-refractivity contribution in [3.8, 4) is 0 Å². The summed E-state index contributed by atoms with van der Waals surface area (Å²) in [6.07, 6.45) is 1.59. The van der Waals surface area contributed by atoms with Crippen molar-refractivity contribution in [2.24, 2.45) is 0 Å². The number of fused-ring (bicyclic) bond motifs is 1. The minimum Gasteiger partial charge on any atom is -0.363 e. The molecule has 0 spiro atoms. The largest absolute Gasteiger partial charge is 0.363 e. The molecule has 21 heavy (non-hydrogen) atoms. The third-order valence-corrected chi connectivity index (χ3v) is 4.55. The Morgan fingerprint density at radius 1 is 1.57 bits per heavy atom. The molecule has 0 aliphatic carbocycles. The molecule has 0 radical (unpaired) electrons. The van der Waals surface area contributed by atoms with Crippen LogP contribution in [0, 0.1) is 13.8 Å². The molecule has 1 N–H and O–H groups in total. The van der Waals surface area contributed by atoms with E-state index < -0.39 is 0 Å². The molecule has 1 unspecified atom stereocenters. The molecule has 3 rings (SSSR count). The zero-order valence-electron chi connectivity index (χ0n) is 11.6. The van der Waals surface area contributed by atoms with Gasteiger partial charge in [-0.3, -0.25) is 14.2 Å². The fourth-order valence-electron chi connectivity index (χ4n) is 2.21. The van der Waals surface area contributed by atoms with Gasteiger partial charge in [0.05, 0.1) is 6.04 Å². The topological polar surface area (TPSA) is 90.0 Å². The lowest BCUT2D eigenvalue weighted by atomic mass is 10.2. The summed E-state index contributed by atoms with van der Waals surface area (Å²) in [7, 11) is 0. The first-order chi connectivity index (χ1) is 10.1. The first kappa shape index (κ1) is 13.9. The Kier molecular flexibility index (Phi) is 3.54. The molecule has 1 aliphatic heterocycles. The maximum atomic E-state index is 12.3. The van der Waals surface area contributed by atoms with E-state index in [1.165, 1.54) is 18.0 Å². The summed E-state index contributed by atoms with van der Waals surface area (Å²) in [4.78, 5) is 28.8. The van der Waals surface area contributed by atoms with Crippen molar-refractivity contribution in [1.29, 1.82) is 0 Å². The molecule has 0 fully saturated rings. The number of rotatable bonds is 3. The number of anilines is 1. The van der Waals surface area contributed by atoms with Gasteiger partial charge in [-0.25, -0.2) is 4.98 Å². The standard InChI is InChI=1S/C13H14N4O3S/c1-7-8(2)14-13-17(12(7)19)9(6-21-13)5-11(18)15-10-3-4-20-16-10/h3-4,9H,5-6H2,1-2H3,(H,15,16,18). The van der Waals surface area contributed by atoms with Crippen LogP contribution in [0.1, 0.15) is 23.7 Å². The SMILES string of the molecule is Cc1nc2n(c(=O)c1C)C(CC(=O)Nc1ccon1)CS2. The molecular formula is C13H14N4O3S. The molecule has 1 aliphatic rings. The molecule has 2 aromatic heterocycles. The number of aromatic nitrogens is 3. The maximum Gasteiger partial charge on any atom is 0.257 e. The van der Waals surface area contributed by atoms with Crippen LogP contribution >= 0.6 is 11.8 Å². The lowest BCUT2D eigenvalue weighted by Gasteiger charge is -2.13. The van der Waals surface area contributed by atoms with Gasteiger partial charge in [-0.05, 0) is 13.8 Å². The van der Waals surface area contributed by atoms with Gasteiger partial charge < -0.3 is 9.84 Å². The molecule has 7 nitrogen and oxygen atoms in total. The number of hydrogen-bond donors (Lipinski definition) is 1. The third-order valence-electron chi connectivity index (χ3n) is 3.45. The highest BCUT2D eigenvalue weighted by Crippen LogP contribution is 2.32. The van der Waals surface area contributed by atoms with Gasteiger partial charge >= 0.3 is 0 Å². The van der Waals surface area contributed by atoms with Gasteiger partial charge in [-0.15, -0.1) is 0 Å². The molecular weight excluding hydrogens is 292 g/mol. The van der Waals surface area contributed by atoms with Gasteiger partial charge in [0, 0.05) is 29.5 Å². The van der Waals surface area contributed by atoms with Gasteiger partial charge in [0.2, 0.25) is 5.91 Å². The van der Waals surface area contributed by atoms with Crippen molar-refractivity contribution < 1.29 is 9.32 Å². The molecule has 0 saturated heterocycles. The summed E-state index contributed by atoms with van der Waals surface area (Å²) in [5.74, 6) is 0.834. The first-order valence-corrected chi connectivity index (χ1v) is 7.47. The molecule has 110 valence electrons. The maximum absolute atomic E-state index is 12.3. The van der Waals surface area contributed by atoms with Crippen molar-refractivity contribution in [2.75, 3.05) is 11.1 Å². The van der Waals surface area contributed by atoms with Crippen LogP contribution in [-0.4, -0.2) is 26.4 Å². The Labute approximate surface area is 124 Å². The van der Waals surface area contributed by atoms with E-state index in [0.717, 1.165) is 5.69 Å². The van der Waals surface area contributed by atoms with E-state index in [1.807, 2.05) is 6.92 Å². The number of carbonyl (C=O) groups excluding carboxylic acids is 1. The zero-order valence-corrected chi connectivity index (χ0v) is 12.4. The highest BCUT2D eigenvalue weighted by atomic mass is 32.2. The Hall–Kier alpha value is -2.09. The summed E-state index contributed by atoms with van der Waals surface area (Å²) in [5.41, 5.74) is 1.30. The molecule has 0 aromatic carbocycles. The van der Waals surface area contributed by atoms with E-state index >= 15 is 0 Å². The molecule has 3 heterocycles. The van der Waals surface area contributed by atoms with Crippen LogP contribution in [-0.2, 0) is 4.79 Å². The Bertz CT molecular complexity index is 739. The van der Waals surface area contributed by atoms with Gasteiger partial charge in [-0.1, -0.05) is 16.9 Å². The van der Waals surface area contributed by atoms with Crippen LogP contribution in [0.25, 0.3) is 0 Å². The fraction of sp³-hybridized carbons (Fsp3) is 0.385. The van der Waals surface area contributed by atoms with Gasteiger partial charge in [0.1, 0.15) is 6.26 Å². The Balaban J connectivity index is 1.80. The third kappa shape index (κ3) is 2.58. The van der Waals surface area contributed by atoms with E-state index in [9.17, 15) is 9.59 Å². The van der Waals surface area contributed by atoms with E-state index in [4.69, 9.17) is 0 Å². The molecule has 0 bridgehead atoms. The summed E-state index contributed by atoms with van der Waals surface area (Å²) < 4.78 is 6.28. The van der Waals surface area contributed by atoms with Crippen LogP contribution in [0.4, 0.5) is 5.82 Å². The number of amides is 1. The average Bonchev–Trinajstić information content (AvgIpc) is 3.06. The highest BCUT2D eigenvalue weighted by molar-refractivity contribution is 7.99. The molecule has 1 atom stereocenters. The second-order valence-corrected chi connectivity index (χ2v) is 5.87. The normalized spacial score (nSPS) is 16.8. The lowest BCUT2D eigenvalue weighted by molar-refractivity contribution is -0.116. The first-order valence-electron chi connectivity index (χ1n) is 6.49. The number of hydrogen-bond acceptors (Lipinski definition) is 6. The number of thioether (sulfide) groups is 1. The zero-order chi connectivity index (χ0) is 15.0. The van der Waals surface area contributed by atoms with Crippen LogP contribution in [0.3, 0.4) is 0 Å². The predicted octanol–water partition coefficient (Wildman–Crippen LogP) is 1.52. The quantitative estimate of drug-likeness (QED) is 0.865. The fourth-order valence-corrected chi connectivity index (χ4v) is 3.39. The van der Waals surface area contributed by atoms with Crippen LogP contribution in [0.15, 0.2) is 26.8 Å². The van der Waals surface area contributed by atoms with Crippen molar-refractivity contribution in [2.45, 2.75) is 31.5 Å². The molecule has 1 amide bonds. The van der Waals surface area contributed by atoms with Crippen molar-refractivity contribution in [1.82, 2.24) is 14.7 Å². The Morgan fingerprint density at radius 3 is 3.10 bits per heavy atom. The van der Waals surface area contributed by atoms with E-state index in [0.29, 0.717) is 22.3 Å². The summed E-state index contributed by atoms with van der Waals surface area (Å²) in [5, 5.41) is 6.94. The number of nitrogens with one attached hydrogen (secondary N) is 1. The summed E-state index contributed by atoms with van der Waals surface area (Å²) >= 11 is 1.50. The van der Waals surface area contributed by atoms with Crippen molar-refractivity contribution in [3.05, 3.63) is 33.9 Å². The monoisotopic (exact) mass is 306 g/mol. The van der Waals surface area contributed by atoms with E-state index in [2.05, 4.69) is 20.0 Å². The van der Waals surface area contributed by atoms with Crippen LogP contribution in [0.5, 0.6) is 0 Å². The molecule has 8 heteroatoms. The van der Waals surface area contributed by atoms with Crippen LogP contribution in [0.2, 0.25) is 0 Å². The lowest BCUT2D eigenvalue weighted by Crippen LogP contribution is -2.29. The molecule has 2 aromatic rings. The van der Waals surface area contributed by atoms with Gasteiger partial charge in [-0.2, -0.15) is 0 Å². The predicted molar refractivity (Wildman–Crippen MR) is 77.5 cm³/mol. The second-order valence-electron chi connectivity index (χ2n) is 4.88. The average molecular weight is 306 g/mol. The number of carbonyl (C=O) groups is 1. The molecule has 0 saturated carbocycles. The van der Waals surface area contributed by atoms with Crippen molar-refractivity contribution in [3.63, 3.8) is 0 Å². The van der Waals surface area contributed by atoms with E-state index in [-0.39, 0.29) is 23.9 Å². The highest BCUT2D eigenvalue weighted by Gasteiger charge is 2.28. The van der Waals surface area contributed by atoms with E-state index in [1.54, 1.807) is 17.6 Å². The van der Waals surface area contributed by atoms with Gasteiger partial charge in [0.15, 0.2) is 11.0 Å². The van der Waals surface area contributed by atoms with Gasteiger partial charge in [0.25, 0.3) is 5.56 Å². The minimum absolute atomic E-state index is 0.0678. The van der Waals surface area contributed by atoms with Crippen LogP contribution < -0.4 is 10.9 Å². The van der Waals surface area contributed by atoms with Crippen molar-refractivity contribution >= 4 is 23.5 Å².